The lowest BCUT2D eigenvalue weighted by atomic mass is 10.2. The molecule has 0 radical (unpaired) electrons. The molecule has 0 bridgehead atoms. The molecule has 41 heavy (non-hydrogen) atoms. The zero-order valence-electron chi connectivity index (χ0n) is 22.6. The van der Waals surface area contributed by atoms with E-state index in [0.29, 0.717) is 75.4 Å². The van der Waals surface area contributed by atoms with Crippen LogP contribution < -0.4 is 31.3 Å². The first-order chi connectivity index (χ1) is 19.9. The Hall–Kier alpha value is -4.50. The average molecular weight is 571 g/mol. The molecule has 15 heteroatoms. The summed E-state index contributed by atoms with van der Waals surface area (Å²) in [5.74, 6) is -0.890. The van der Waals surface area contributed by atoms with Gasteiger partial charge >= 0.3 is 0 Å². The first kappa shape index (κ1) is 28.0. The molecule has 0 atom stereocenters. The molecule has 4 heterocycles. The highest BCUT2D eigenvalue weighted by atomic mass is 19.1. The summed E-state index contributed by atoms with van der Waals surface area (Å²) in [5, 5.41) is 13.1. The van der Waals surface area contributed by atoms with Crippen molar-refractivity contribution >= 4 is 29.1 Å². The predicted molar refractivity (Wildman–Crippen MR) is 149 cm³/mol. The molecule has 3 aromatic heterocycles. The van der Waals surface area contributed by atoms with Crippen LogP contribution >= 0.6 is 0 Å². The molecule has 1 aliphatic heterocycles. The molecular formula is C26H32F2N10O3. The van der Waals surface area contributed by atoms with Crippen molar-refractivity contribution in [3.05, 3.63) is 48.2 Å². The van der Waals surface area contributed by atoms with E-state index in [1.165, 1.54) is 10.6 Å². The Bertz CT molecular complexity index is 1470. The number of piperazine rings is 1. The number of nitrogens with two attached hydrogens (primary N) is 1. The van der Waals surface area contributed by atoms with Crippen LogP contribution in [0.4, 0.5) is 26.4 Å². The third kappa shape index (κ3) is 6.81. The number of nitrogen functional groups attached to an aromatic ring is 1. The van der Waals surface area contributed by atoms with Crippen LogP contribution in [0, 0.1) is 11.6 Å². The van der Waals surface area contributed by atoms with E-state index in [-0.39, 0.29) is 29.9 Å². The first-order valence-electron chi connectivity index (χ1n) is 13.2. The highest BCUT2D eigenvalue weighted by molar-refractivity contribution is 5.77. The number of amides is 1. The van der Waals surface area contributed by atoms with Crippen molar-refractivity contribution in [2.45, 2.75) is 0 Å². The first-order valence-corrected chi connectivity index (χ1v) is 13.2. The molecule has 1 aromatic carbocycles. The van der Waals surface area contributed by atoms with Crippen LogP contribution in [-0.4, -0.2) is 96.4 Å². The van der Waals surface area contributed by atoms with Gasteiger partial charge in [0.2, 0.25) is 11.9 Å². The van der Waals surface area contributed by atoms with Crippen molar-refractivity contribution in [2.75, 3.05) is 82.0 Å². The van der Waals surface area contributed by atoms with Gasteiger partial charge in [-0.2, -0.15) is 19.6 Å². The molecule has 0 aliphatic carbocycles. The third-order valence-corrected chi connectivity index (χ3v) is 6.60. The van der Waals surface area contributed by atoms with Gasteiger partial charge in [-0.05, 0) is 19.2 Å². The van der Waals surface area contributed by atoms with Gasteiger partial charge in [0.05, 0.1) is 12.0 Å². The second-order valence-electron chi connectivity index (χ2n) is 9.41. The average Bonchev–Trinajstić information content (AvgIpc) is 3.64. The fourth-order valence-electron chi connectivity index (χ4n) is 4.46. The smallest absolute Gasteiger partial charge is 0.257 e. The van der Waals surface area contributed by atoms with Gasteiger partial charge in [-0.15, -0.1) is 0 Å². The standard InChI is InChI=1S/C26H32F2N10O3/c1-30-4-5-31-24(39)16-41-22-15-20(17(27)13-18(22)28)37-10-8-36(9-11-37)7-6-32-26-33-23-14-19(21-3-2-12-40-21)35-38(23)25(29)34-26/h2-3,12-15,30H,4-11,16H2,1H3,(H,31,39)(H3,29,32,33,34). The topological polar surface area (TPSA) is 151 Å². The maximum absolute atomic E-state index is 14.6. The summed E-state index contributed by atoms with van der Waals surface area (Å²) in [6.45, 7) is 4.32. The minimum Gasteiger partial charge on any atom is -0.481 e. The second-order valence-corrected chi connectivity index (χ2v) is 9.41. The number of anilines is 3. The number of ether oxygens (including phenoxy) is 1. The summed E-state index contributed by atoms with van der Waals surface area (Å²) >= 11 is 0. The van der Waals surface area contributed by atoms with Crippen molar-refractivity contribution in [2.24, 2.45) is 0 Å². The van der Waals surface area contributed by atoms with E-state index >= 15 is 0 Å². The zero-order chi connectivity index (χ0) is 28.8. The number of fused-ring (bicyclic) bond motifs is 1. The molecule has 1 fully saturated rings. The molecule has 1 aliphatic rings. The van der Waals surface area contributed by atoms with Crippen molar-refractivity contribution in [1.82, 2.24) is 35.1 Å². The van der Waals surface area contributed by atoms with Gasteiger partial charge < -0.3 is 35.7 Å². The molecule has 5 N–H and O–H groups in total. The molecule has 5 rings (SSSR count). The lowest BCUT2D eigenvalue weighted by Crippen LogP contribution is -2.48. The lowest BCUT2D eigenvalue weighted by Gasteiger charge is -2.36. The number of nitrogens with one attached hydrogen (secondary N) is 3. The lowest BCUT2D eigenvalue weighted by molar-refractivity contribution is -0.123. The normalized spacial score (nSPS) is 14.0. The molecule has 0 saturated carbocycles. The SMILES string of the molecule is CNCCNC(=O)COc1cc(N2CCN(CCNc3nc(N)n4nc(-c5ccco5)cc4n3)CC2)c(F)cc1F. The quantitative estimate of drug-likeness (QED) is 0.182. The minimum absolute atomic E-state index is 0.164. The number of halogens is 2. The van der Waals surface area contributed by atoms with E-state index in [0.717, 1.165) is 6.07 Å². The van der Waals surface area contributed by atoms with Crippen molar-refractivity contribution in [3.8, 4) is 17.2 Å². The summed E-state index contributed by atoms with van der Waals surface area (Å²) in [6, 6.07) is 7.46. The summed E-state index contributed by atoms with van der Waals surface area (Å²) in [7, 11) is 1.77. The predicted octanol–water partition coefficient (Wildman–Crippen LogP) is 1.19. The van der Waals surface area contributed by atoms with Gasteiger partial charge in [-0.3, -0.25) is 9.69 Å². The maximum Gasteiger partial charge on any atom is 0.257 e. The molecule has 1 amide bonds. The van der Waals surface area contributed by atoms with Crippen LogP contribution in [0.2, 0.25) is 0 Å². The Kier molecular flexibility index (Phi) is 8.74. The largest absolute Gasteiger partial charge is 0.481 e. The van der Waals surface area contributed by atoms with Crippen LogP contribution in [0.3, 0.4) is 0 Å². The van der Waals surface area contributed by atoms with E-state index in [1.54, 1.807) is 31.5 Å². The van der Waals surface area contributed by atoms with Gasteiger partial charge in [-0.1, -0.05) is 0 Å². The summed E-state index contributed by atoms with van der Waals surface area (Å²) < 4.78 is 41.1. The number of rotatable bonds is 12. The van der Waals surface area contributed by atoms with Gasteiger partial charge in [0.1, 0.15) is 11.5 Å². The summed E-state index contributed by atoms with van der Waals surface area (Å²) in [5.41, 5.74) is 7.46. The van der Waals surface area contributed by atoms with E-state index in [9.17, 15) is 13.6 Å². The molecule has 0 spiro atoms. The number of hydrogen-bond acceptors (Lipinski definition) is 11. The van der Waals surface area contributed by atoms with Crippen LogP contribution in [0.15, 0.2) is 41.0 Å². The number of nitrogens with zero attached hydrogens (tertiary/aromatic N) is 6. The Morgan fingerprint density at radius 3 is 2.68 bits per heavy atom. The van der Waals surface area contributed by atoms with Crippen molar-refractivity contribution in [3.63, 3.8) is 0 Å². The van der Waals surface area contributed by atoms with Crippen LogP contribution in [-0.2, 0) is 4.79 Å². The Morgan fingerprint density at radius 2 is 1.93 bits per heavy atom. The number of furan rings is 1. The molecule has 13 nitrogen and oxygen atoms in total. The second kappa shape index (κ2) is 12.8. The number of carbonyl (C=O) groups excluding carboxylic acids is 1. The monoisotopic (exact) mass is 570 g/mol. The highest BCUT2D eigenvalue weighted by Crippen LogP contribution is 2.29. The van der Waals surface area contributed by atoms with E-state index < -0.39 is 11.6 Å². The fourth-order valence-corrected chi connectivity index (χ4v) is 4.46. The number of carbonyl (C=O) groups is 1. The minimum atomic E-state index is -0.854. The van der Waals surface area contributed by atoms with Gasteiger partial charge in [0.15, 0.2) is 29.6 Å². The number of likely N-dealkylation sites (N-methyl/N-ethyl adjacent to an activating group) is 1. The third-order valence-electron chi connectivity index (χ3n) is 6.60. The van der Waals surface area contributed by atoms with Crippen LogP contribution in [0.1, 0.15) is 0 Å². The molecule has 4 aromatic rings. The Morgan fingerprint density at radius 1 is 1.10 bits per heavy atom. The van der Waals surface area contributed by atoms with Gasteiger partial charge in [0, 0.05) is 70.6 Å². The van der Waals surface area contributed by atoms with Gasteiger partial charge in [0.25, 0.3) is 5.91 Å². The van der Waals surface area contributed by atoms with E-state index in [4.69, 9.17) is 14.9 Å². The molecule has 1 saturated heterocycles. The van der Waals surface area contributed by atoms with E-state index in [1.807, 2.05) is 4.90 Å². The van der Waals surface area contributed by atoms with Crippen molar-refractivity contribution in [1.29, 1.82) is 0 Å². The Balaban J connectivity index is 1.11. The summed E-state index contributed by atoms with van der Waals surface area (Å²) in [4.78, 5) is 24.7. The maximum atomic E-state index is 14.6. The fraction of sp³-hybridized carbons (Fsp3) is 0.385. The van der Waals surface area contributed by atoms with E-state index in [2.05, 4.69) is 35.9 Å². The number of benzene rings is 1. The Labute approximate surface area is 234 Å². The van der Waals surface area contributed by atoms with Gasteiger partial charge in [-0.25, -0.2) is 8.78 Å². The van der Waals surface area contributed by atoms with Crippen LogP contribution in [0.5, 0.6) is 5.75 Å². The molecule has 218 valence electrons. The molecule has 0 unspecified atom stereocenters. The zero-order valence-corrected chi connectivity index (χ0v) is 22.6. The number of aromatic nitrogens is 4. The van der Waals surface area contributed by atoms with Crippen LogP contribution in [0.25, 0.3) is 17.1 Å². The summed E-state index contributed by atoms with van der Waals surface area (Å²) in [6.07, 6.45) is 1.57. The highest BCUT2D eigenvalue weighted by Gasteiger charge is 2.22. The molecular weight excluding hydrogens is 538 g/mol. The van der Waals surface area contributed by atoms with Crippen molar-refractivity contribution < 1.29 is 22.7 Å². The number of hydrogen-bond donors (Lipinski definition) is 4.